The van der Waals surface area contributed by atoms with Crippen molar-refractivity contribution in [2.24, 2.45) is 0 Å². The van der Waals surface area contributed by atoms with Crippen molar-refractivity contribution in [3.8, 4) is 0 Å². The van der Waals surface area contributed by atoms with Crippen LogP contribution in [0.2, 0.25) is 4.34 Å². The molecule has 0 saturated carbocycles. The van der Waals surface area contributed by atoms with Gasteiger partial charge in [-0.15, -0.1) is 11.3 Å². The quantitative estimate of drug-likeness (QED) is 0.604. The molecule has 1 heterocycles. The molecule has 0 saturated heterocycles. The van der Waals surface area contributed by atoms with E-state index < -0.39 is 0 Å². The fraction of sp³-hybridized carbons (Fsp3) is 0.250. The maximum atomic E-state index is 5.75. The van der Waals surface area contributed by atoms with E-state index in [2.05, 4.69) is 13.0 Å². The molecule has 0 aliphatic carbocycles. The molecule has 1 aromatic heterocycles. The molecule has 1 aromatic rings. The first-order valence-electron chi connectivity index (χ1n) is 3.12. The van der Waals surface area contributed by atoms with Gasteiger partial charge in [0, 0.05) is 4.88 Å². The van der Waals surface area contributed by atoms with Crippen LogP contribution >= 0.6 is 22.9 Å². The van der Waals surface area contributed by atoms with Crippen molar-refractivity contribution in [2.75, 3.05) is 0 Å². The molecular weight excluding hydrogens is 164 g/mol. The Morgan fingerprint density at radius 3 is 2.70 bits per heavy atom. The van der Waals surface area contributed by atoms with Gasteiger partial charge in [-0.05, 0) is 31.6 Å². The summed E-state index contributed by atoms with van der Waals surface area (Å²) in [7, 11) is 0. The maximum Gasteiger partial charge on any atom is 0.0934 e. The minimum atomic E-state index is 0.858. The lowest BCUT2D eigenvalue weighted by Gasteiger charge is -1.90. The molecule has 0 aromatic carbocycles. The van der Waals surface area contributed by atoms with E-state index in [0.717, 1.165) is 4.34 Å². The van der Waals surface area contributed by atoms with Crippen LogP contribution in [-0.2, 0) is 0 Å². The van der Waals surface area contributed by atoms with Crippen LogP contribution in [0.15, 0.2) is 18.2 Å². The van der Waals surface area contributed by atoms with Gasteiger partial charge in [-0.1, -0.05) is 17.7 Å². The monoisotopic (exact) mass is 172 g/mol. The van der Waals surface area contributed by atoms with E-state index in [1.165, 1.54) is 10.5 Å². The molecule has 54 valence electrons. The van der Waals surface area contributed by atoms with Gasteiger partial charge in [0.05, 0.1) is 4.34 Å². The van der Waals surface area contributed by atoms with Gasteiger partial charge in [-0.3, -0.25) is 0 Å². The van der Waals surface area contributed by atoms with Crippen LogP contribution in [-0.4, -0.2) is 0 Å². The van der Waals surface area contributed by atoms with Crippen molar-refractivity contribution in [2.45, 2.75) is 13.8 Å². The highest BCUT2D eigenvalue weighted by atomic mass is 35.5. The Labute approximate surface area is 70.1 Å². The second-order valence-corrected chi connectivity index (χ2v) is 3.79. The minimum Gasteiger partial charge on any atom is -0.124 e. The predicted octanol–water partition coefficient (Wildman–Crippen LogP) is 3.82. The van der Waals surface area contributed by atoms with E-state index in [1.54, 1.807) is 11.3 Å². The minimum absolute atomic E-state index is 0.858. The fourth-order valence-electron chi connectivity index (χ4n) is 0.668. The number of halogens is 1. The lowest BCUT2D eigenvalue weighted by molar-refractivity contribution is 1.64. The van der Waals surface area contributed by atoms with Crippen LogP contribution < -0.4 is 0 Å². The summed E-state index contributed by atoms with van der Waals surface area (Å²) in [5.74, 6) is 0. The topological polar surface area (TPSA) is 0 Å². The van der Waals surface area contributed by atoms with E-state index >= 15 is 0 Å². The standard InChI is InChI=1S/C8H9ClS/c1-3-6(2)7-4-5-8(9)10-7/h3-5H,1-2H3/b6-3+. The Bertz CT molecular complexity index is 248. The summed E-state index contributed by atoms with van der Waals surface area (Å²) in [6.45, 7) is 4.12. The molecule has 0 nitrogen and oxygen atoms in total. The predicted molar refractivity (Wildman–Crippen MR) is 48.7 cm³/mol. The third-order valence-electron chi connectivity index (χ3n) is 1.39. The molecule has 0 spiro atoms. The Morgan fingerprint density at radius 1 is 1.60 bits per heavy atom. The summed E-state index contributed by atoms with van der Waals surface area (Å²) in [5.41, 5.74) is 1.29. The van der Waals surface area contributed by atoms with Crippen LogP contribution in [0, 0.1) is 0 Å². The third-order valence-corrected chi connectivity index (χ3v) is 2.76. The second kappa shape index (κ2) is 3.22. The Balaban J connectivity index is 2.95. The van der Waals surface area contributed by atoms with Crippen LogP contribution in [0.1, 0.15) is 18.7 Å². The maximum absolute atomic E-state index is 5.75. The molecule has 0 amide bonds. The molecule has 0 aliphatic rings. The number of hydrogen-bond donors (Lipinski definition) is 0. The highest BCUT2D eigenvalue weighted by Crippen LogP contribution is 2.26. The SMILES string of the molecule is C/C=C(\C)c1ccc(Cl)s1. The molecule has 2 heteroatoms. The number of thiophene rings is 1. The van der Waals surface area contributed by atoms with Gasteiger partial charge in [0.2, 0.25) is 0 Å². The van der Waals surface area contributed by atoms with Gasteiger partial charge < -0.3 is 0 Å². The van der Waals surface area contributed by atoms with Crippen LogP contribution in [0.4, 0.5) is 0 Å². The molecule has 0 fully saturated rings. The van der Waals surface area contributed by atoms with Crippen LogP contribution in [0.5, 0.6) is 0 Å². The Morgan fingerprint density at radius 2 is 2.30 bits per heavy atom. The number of hydrogen-bond acceptors (Lipinski definition) is 1. The molecule has 0 N–H and O–H groups in total. The summed E-state index contributed by atoms with van der Waals surface area (Å²) in [6, 6.07) is 3.97. The summed E-state index contributed by atoms with van der Waals surface area (Å²) >= 11 is 7.37. The zero-order valence-corrected chi connectivity index (χ0v) is 7.59. The van der Waals surface area contributed by atoms with Gasteiger partial charge in [0.1, 0.15) is 0 Å². The highest BCUT2D eigenvalue weighted by Gasteiger charge is 1.97. The summed E-state index contributed by atoms with van der Waals surface area (Å²) in [6.07, 6.45) is 2.09. The Kier molecular flexibility index (Phi) is 2.52. The zero-order valence-electron chi connectivity index (χ0n) is 6.02. The number of allylic oxidation sites excluding steroid dienone is 2. The molecule has 0 atom stereocenters. The van der Waals surface area contributed by atoms with Gasteiger partial charge in [0.25, 0.3) is 0 Å². The molecule has 0 aliphatic heterocycles. The van der Waals surface area contributed by atoms with E-state index in [9.17, 15) is 0 Å². The molecule has 10 heavy (non-hydrogen) atoms. The van der Waals surface area contributed by atoms with E-state index in [4.69, 9.17) is 11.6 Å². The molecule has 0 bridgehead atoms. The molecule has 1 rings (SSSR count). The van der Waals surface area contributed by atoms with Crippen molar-refractivity contribution in [3.63, 3.8) is 0 Å². The van der Waals surface area contributed by atoms with Gasteiger partial charge >= 0.3 is 0 Å². The summed E-state index contributed by atoms with van der Waals surface area (Å²) in [4.78, 5) is 1.26. The van der Waals surface area contributed by atoms with Gasteiger partial charge in [-0.2, -0.15) is 0 Å². The van der Waals surface area contributed by atoms with Crippen molar-refractivity contribution in [1.29, 1.82) is 0 Å². The van der Waals surface area contributed by atoms with Crippen molar-refractivity contribution >= 4 is 28.5 Å². The normalized spacial score (nSPS) is 12.1. The van der Waals surface area contributed by atoms with Gasteiger partial charge in [0.15, 0.2) is 0 Å². The van der Waals surface area contributed by atoms with E-state index in [0.29, 0.717) is 0 Å². The first-order chi connectivity index (χ1) is 4.74. The first kappa shape index (κ1) is 7.83. The lowest BCUT2D eigenvalue weighted by atomic mass is 10.2. The summed E-state index contributed by atoms with van der Waals surface area (Å²) in [5, 5.41) is 0. The smallest absolute Gasteiger partial charge is 0.0934 e. The fourth-order valence-corrected chi connectivity index (χ4v) is 1.74. The second-order valence-electron chi connectivity index (χ2n) is 2.08. The van der Waals surface area contributed by atoms with Crippen molar-refractivity contribution in [1.82, 2.24) is 0 Å². The van der Waals surface area contributed by atoms with Crippen molar-refractivity contribution < 1.29 is 0 Å². The zero-order chi connectivity index (χ0) is 7.56. The van der Waals surface area contributed by atoms with Crippen LogP contribution in [0.3, 0.4) is 0 Å². The molecule has 0 radical (unpaired) electrons. The average molecular weight is 173 g/mol. The number of rotatable bonds is 1. The first-order valence-corrected chi connectivity index (χ1v) is 4.32. The average Bonchev–Trinajstić information content (AvgIpc) is 2.34. The summed E-state index contributed by atoms with van der Waals surface area (Å²) < 4.78 is 0.858. The van der Waals surface area contributed by atoms with Crippen LogP contribution in [0.25, 0.3) is 5.57 Å². The van der Waals surface area contributed by atoms with Crippen molar-refractivity contribution in [3.05, 3.63) is 27.4 Å². The highest BCUT2D eigenvalue weighted by molar-refractivity contribution is 7.17. The largest absolute Gasteiger partial charge is 0.124 e. The Hall–Kier alpha value is -0.270. The van der Waals surface area contributed by atoms with E-state index in [-0.39, 0.29) is 0 Å². The third kappa shape index (κ3) is 1.61. The lowest BCUT2D eigenvalue weighted by Crippen LogP contribution is -1.66. The van der Waals surface area contributed by atoms with Gasteiger partial charge in [-0.25, -0.2) is 0 Å². The van der Waals surface area contributed by atoms with E-state index in [1.807, 2.05) is 19.1 Å². The molecule has 0 unspecified atom stereocenters. The molecular formula is C8H9ClS.